The minimum Gasteiger partial charge on any atom is -0.494 e. The van der Waals surface area contributed by atoms with Gasteiger partial charge in [0.1, 0.15) is 5.75 Å². The largest absolute Gasteiger partial charge is 0.494 e. The van der Waals surface area contributed by atoms with Gasteiger partial charge in [0.15, 0.2) is 0 Å². The Balaban J connectivity index is 1.62. The molecule has 0 saturated heterocycles. The molecule has 2 rings (SSSR count). The van der Waals surface area contributed by atoms with Crippen LogP contribution in [0.1, 0.15) is 44.6 Å². The number of hydrogen-bond donors (Lipinski definition) is 2. The molecule has 124 valence electrons. The summed E-state index contributed by atoms with van der Waals surface area (Å²) in [5.74, 6) is 0.959. The molecule has 0 aliphatic rings. The lowest BCUT2D eigenvalue weighted by molar-refractivity contribution is 0.304. The molecule has 0 aliphatic carbocycles. The summed E-state index contributed by atoms with van der Waals surface area (Å²) in [6.45, 7) is 3.82. The van der Waals surface area contributed by atoms with Crippen LogP contribution in [-0.2, 0) is 6.54 Å². The molecule has 2 aromatic carbocycles. The highest BCUT2D eigenvalue weighted by Gasteiger charge is 1.97. The smallest absolute Gasteiger partial charge is 0.119 e. The van der Waals surface area contributed by atoms with Crippen molar-refractivity contribution in [2.45, 2.75) is 45.6 Å². The predicted octanol–water partition coefficient (Wildman–Crippen LogP) is 5.15. The number of ether oxygens (including phenoxy) is 1. The SMILES string of the molecule is CCCCCCCOc1ccc(CNNc2ccccc2)cc1. The van der Waals surface area contributed by atoms with Crippen LogP contribution in [0.15, 0.2) is 54.6 Å². The first kappa shape index (κ1) is 17.4. The Morgan fingerprint density at radius 3 is 2.30 bits per heavy atom. The standard InChI is InChI=1S/C20H28N2O/c1-2-3-4-5-9-16-23-20-14-12-18(13-15-20)17-21-22-19-10-7-6-8-11-19/h6-8,10-15,21-22H,2-5,9,16-17H2,1H3. The monoisotopic (exact) mass is 312 g/mol. The minimum absolute atomic E-state index is 0.770. The van der Waals surface area contributed by atoms with Gasteiger partial charge < -0.3 is 10.2 Å². The van der Waals surface area contributed by atoms with E-state index in [1.165, 1.54) is 31.2 Å². The summed E-state index contributed by atoms with van der Waals surface area (Å²) in [4.78, 5) is 0. The molecule has 3 heteroatoms. The maximum Gasteiger partial charge on any atom is 0.119 e. The third kappa shape index (κ3) is 7.20. The maximum absolute atomic E-state index is 5.78. The van der Waals surface area contributed by atoms with E-state index in [-0.39, 0.29) is 0 Å². The molecule has 2 N–H and O–H groups in total. The number of anilines is 1. The topological polar surface area (TPSA) is 33.3 Å². The molecule has 0 atom stereocenters. The van der Waals surface area contributed by atoms with E-state index in [0.29, 0.717) is 0 Å². The highest BCUT2D eigenvalue weighted by molar-refractivity contribution is 5.41. The lowest BCUT2D eigenvalue weighted by atomic mass is 10.2. The van der Waals surface area contributed by atoms with Crippen molar-refractivity contribution in [1.82, 2.24) is 5.43 Å². The average molecular weight is 312 g/mol. The summed E-state index contributed by atoms with van der Waals surface area (Å²) < 4.78 is 5.78. The van der Waals surface area contributed by atoms with E-state index >= 15 is 0 Å². The van der Waals surface area contributed by atoms with E-state index < -0.39 is 0 Å². The minimum atomic E-state index is 0.770. The fraction of sp³-hybridized carbons (Fsp3) is 0.400. The molecule has 0 aliphatic heterocycles. The number of unbranched alkanes of at least 4 members (excludes halogenated alkanes) is 4. The first-order valence-electron chi connectivity index (χ1n) is 8.64. The van der Waals surface area contributed by atoms with Crippen LogP contribution < -0.4 is 15.6 Å². The summed E-state index contributed by atoms with van der Waals surface area (Å²) in [7, 11) is 0. The van der Waals surface area contributed by atoms with Crippen LogP contribution in [0.2, 0.25) is 0 Å². The van der Waals surface area contributed by atoms with E-state index in [9.17, 15) is 0 Å². The first-order chi connectivity index (χ1) is 11.4. The summed E-state index contributed by atoms with van der Waals surface area (Å²) in [6, 6.07) is 18.4. The third-order valence-corrected chi connectivity index (χ3v) is 3.74. The van der Waals surface area contributed by atoms with Crippen molar-refractivity contribution in [2.75, 3.05) is 12.0 Å². The molecular formula is C20H28N2O. The predicted molar refractivity (Wildman–Crippen MR) is 97.6 cm³/mol. The molecule has 0 bridgehead atoms. The van der Waals surface area contributed by atoms with Crippen molar-refractivity contribution in [3.05, 3.63) is 60.2 Å². The lowest BCUT2D eigenvalue weighted by Crippen LogP contribution is -2.20. The van der Waals surface area contributed by atoms with Gasteiger partial charge >= 0.3 is 0 Å². The van der Waals surface area contributed by atoms with Gasteiger partial charge in [0, 0.05) is 12.2 Å². The van der Waals surface area contributed by atoms with Crippen LogP contribution in [0.4, 0.5) is 5.69 Å². The molecular weight excluding hydrogens is 284 g/mol. The maximum atomic E-state index is 5.78. The highest BCUT2D eigenvalue weighted by Crippen LogP contribution is 2.13. The van der Waals surface area contributed by atoms with Crippen LogP contribution in [0.3, 0.4) is 0 Å². The second kappa shape index (κ2) is 10.7. The molecule has 0 spiro atoms. The number of nitrogens with one attached hydrogen (secondary N) is 2. The van der Waals surface area contributed by atoms with Crippen molar-refractivity contribution in [3.8, 4) is 5.75 Å². The van der Waals surface area contributed by atoms with Crippen LogP contribution in [-0.4, -0.2) is 6.61 Å². The van der Waals surface area contributed by atoms with Crippen LogP contribution in [0.25, 0.3) is 0 Å². The molecule has 0 heterocycles. The number of hydrazine groups is 1. The van der Waals surface area contributed by atoms with Crippen molar-refractivity contribution in [3.63, 3.8) is 0 Å². The molecule has 3 nitrogen and oxygen atoms in total. The summed E-state index contributed by atoms with van der Waals surface area (Å²) in [5.41, 5.74) is 8.69. The number of benzene rings is 2. The Bertz CT molecular complexity index is 525. The van der Waals surface area contributed by atoms with Crippen molar-refractivity contribution in [2.24, 2.45) is 0 Å². The van der Waals surface area contributed by atoms with Crippen molar-refractivity contribution < 1.29 is 4.74 Å². The molecule has 0 saturated carbocycles. The van der Waals surface area contributed by atoms with E-state index in [4.69, 9.17) is 4.74 Å². The summed E-state index contributed by atoms with van der Waals surface area (Å²) >= 11 is 0. The second-order valence-electron chi connectivity index (χ2n) is 5.75. The van der Waals surface area contributed by atoms with Crippen LogP contribution >= 0.6 is 0 Å². The fourth-order valence-electron chi connectivity index (χ4n) is 2.37. The van der Waals surface area contributed by atoms with Crippen LogP contribution in [0, 0.1) is 0 Å². The van der Waals surface area contributed by atoms with Crippen LogP contribution in [0.5, 0.6) is 5.75 Å². The van der Waals surface area contributed by atoms with Gasteiger partial charge in [0.05, 0.1) is 6.61 Å². The van der Waals surface area contributed by atoms with Gasteiger partial charge in [0.25, 0.3) is 0 Å². The van der Waals surface area contributed by atoms with Gasteiger partial charge in [-0.3, -0.25) is 0 Å². The quantitative estimate of drug-likeness (QED) is 0.444. The fourth-order valence-corrected chi connectivity index (χ4v) is 2.37. The van der Waals surface area contributed by atoms with Crippen molar-refractivity contribution >= 4 is 5.69 Å². The second-order valence-corrected chi connectivity index (χ2v) is 5.75. The molecule has 0 fully saturated rings. The van der Waals surface area contributed by atoms with E-state index in [0.717, 1.165) is 31.0 Å². The van der Waals surface area contributed by atoms with Gasteiger partial charge in [0.2, 0.25) is 0 Å². The molecule has 23 heavy (non-hydrogen) atoms. The zero-order chi connectivity index (χ0) is 16.2. The highest BCUT2D eigenvalue weighted by atomic mass is 16.5. The van der Waals surface area contributed by atoms with E-state index in [1.807, 2.05) is 42.5 Å². The molecule has 0 unspecified atom stereocenters. The Kier molecular flexibility index (Phi) is 8.06. The number of rotatable bonds is 11. The zero-order valence-corrected chi connectivity index (χ0v) is 14.1. The molecule has 0 radical (unpaired) electrons. The molecule has 0 amide bonds. The Morgan fingerprint density at radius 1 is 0.826 bits per heavy atom. The van der Waals surface area contributed by atoms with E-state index in [1.54, 1.807) is 0 Å². The van der Waals surface area contributed by atoms with E-state index in [2.05, 4.69) is 29.9 Å². The Morgan fingerprint density at radius 2 is 1.57 bits per heavy atom. The lowest BCUT2D eigenvalue weighted by Gasteiger charge is -2.10. The van der Waals surface area contributed by atoms with Gasteiger partial charge in [-0.2, -0.15) is 0 Å². The zero-order valence-electron chi connectivity index (χ0n) is 14.1. The summed E-state index contributed by atoms with van der Waals surface area (Å²) in [5, 5.41) is 0. The Labute approximate surface area is 140 Å². The number of hydrogen-bond acceptors (Lipinski definition) is 3. The van der Waals surface area contributed by atoms with Gasteiger partial charge in [-0.25, -0.2) is 5.43 Å². The first-order valence-corrected chi connectivity index (χ1v) is 8.64. The number of para-hydroxylation sites is 1. The third-order valence-electron chi connectivity index (χ3n) is 3.74. The summed E-state index contributed by atoms with van der Waals surface area (Å²) in [6.07, 6.45) is 6.35. The van der Waals surface area contributed by atoms with Gasteiger partial charge in [-0.05, 0) is 36.2 Å². The molecule has 0 aromatic heterocycles. The Hall–Kier alpha value is -2.00. The van der Waals surface area contributed by atoms with Crippen molar-refractivity contribution in [1.29, 1.82) is 0 Å². The van der Waals surface area contributed by atoms with Gasteiger partial charge in [-0.1, -0.05) is 62.9 Å². The average Bonchev–Trinajstić information content (AvgIpc) is 2.60. The molecule has 2 aromatic rings. The van der Waals surface area contributed by atoms with Gasteiger partial charge in [-0.15, -0.1) is 0 Å². The normalized spacial score (nSPS) is 10.5.